The van der Waals surface area contributed by atoms with Crippen LogP contribution in [0.4, 0.5) is 5.69 Å². The molecular weight excluding hydrogens is 615 g/mol. The number of rotatable bonds is 4. The molecule has 0 aliphatic heterocycles. The molecule has 0 saturated heterocycles. The molecule has 5 heteroatoms. The van der Waals surface area contributed by atoms with Gasteiger partial charge in [-0.1, -0.05) is 117 Å². The second-order valence-electron chi connectivity index (χ2n) is 16.4. The van der Waals surface area contributed by atoms with E-state index in [0.29, 0.717) is 11.5 Å². The summed E-state index contributed by atoms with van der Waals surface area (Å²) in [6, 6.07) is 31.2. The first-order valence-corrected chi connectivity index (χ1v) is 17.3. The minimum atomic E-state index is -0.250. The first kappa shape index (κ1) is 33.2. The van der Waals surface area contributed by atoms with Gasteiger partial charge in [0.25, 0.3) is 0 Å². The molecule has 7 rings (SSSR count). The molecule has 7 aromatic rings. The van der Waals surface area contributed by atoms with Gasteiger partial charge in [-0.25, -0.2) is 4.98 Å². The van der Waals surface area contributed by atoms with Crippen molar-refractivity contribution in [3.63, 3.8) is 0 Å². The molecular formula is C45H45N3O2. The van der Waals surface area contributed by atoms with Crippen molar-refractivity contribution >= 4 is 44.7 Å². The molecule has 2 aromatic heterocycles. The maximum atomic E-state index is 11.6. The predicted octanol–water partition coefficient (Wildman–Crippen LogP) is 12.2. The third-order valence-electron chi connectivity index (χ3n) is 9.58. The van der Waals surface area contributed by atoms with Gasteiger partial charge in [0.05, 0.1) is 16.8 Å². The zero-order valence-electron chi connectivity index (χ0n) is 30.5. The minimum absolute atomic E-state index is 0.108. The summed E-state index contributed by atoms with van der Waals surface area (Å²) in [6.45, 7) is 19.6. The normalized spacial score (nSPS) is 12.9. The molecule has 1 N–H and O–H groups in total. The maximum absolute atomic E-state index is 11.6. The Kier molecular flexibility index (Phi) is 7.93. The molecule has 0 bridgehead atoms. The van der Waals surface area contributed by atoms with Crippen molar-refractivity contribution in [2.24, 2.45) is 4.99 Å². The standard InChI is InChI=1S/C45H45N3O2/c1-43(2,3)29-22-28(41(49)36(24-29)45(7,8)9)26-47-39-31-15-11-10-14-27(31)18-19-34(39)42-48-40-35(23-30(44(4,5)6)25-38(40)50-42)32-20-21-46-37-17-13-12-16-33(32)37/h10-26,49H,1-9H3. The number of hydrogen-bond acceptors (Lipinski definition) is 5. The van der Waals surface area contributed by atoms with Crippen LogP contribution in [0.2, 0.25) is 0 Å². The largest absolute Gasteiger partial charge is 0.507 e. The molecule has 50 heavy (non-hydrogen) atoms. The molecule has 0 saturated carbocycles. The lowest BCUT2D eigenvalue weighted by molar-refractivity contribution is 0.444. The van der Waals surface area contributed by atoms with Gasteiger partial charge in [0, 0.05) is 39.9 Å². The number of aromatic hydroxyl groups is 1. The quantitative estimate of drug-likeness (QED) is 0.191. The van der Waals surface area contributed by atoms with Gasteiger partial charge >= 0.3 is 0 Å². The monoisotopic (exact) mass is 659 g/mol. The summed E-state index contributed by atoms with van der Waals surface area (Å²) in [6.07, 6.45) is 3.65. The van der Waals surface area contributed by atoms with Crippen LogP contribution in [0.1, 0.15) is 84.6 Å². The van der Waals surface area contributed by atoms with E-state index >= 15 is 0 Å². The van der Waals surface area contributed by atoms with Crippen LogP contribution in [0.25, 0.3) is 55.4 Å². The summed E-state index contributed by atoms with van der Waals surface area (Å²) < 4.78 is 6.71. The Morgan fingerprint density at radius 2 is 1.34 bits per heavy atom. The van der Waals surface area contributed by atoms with Gasteiger partial charge in [-0.3, -0.25) is 9.98 Å². The molecule has 0 amide bonds. The van der Waals surface area contributed by atoms with Crippen LogP contribution >= 0.6 is 0 Å². The molecule has 0 radical (unpaired) electrons. The highest BCUT2D eigenvalue weighted by Crippen LogP contribution is 2.43. The molecule has 2 heterocycles. The first-order chi connectivity index (χ1) is 23.6. The number of oxazole rings is 1. The van der Waals surface area contributed by atoms with Gasteiger partial charge in [0.15, 0.2) is 5.58 Å². The van der Waals surface area contributed by atoms with Crippen LogP contribution < -0.4 is 0 Å². The zero-order valence-corrected chi connectivity index (χ0v) is 30.5. The molecule has 5 nitrogen and oxygen atoms in total. The molecule has 0 unspecified atom stereocenters. The van der Waals surface area contributed by atoms with Crippen molar-refractivity contribution in [1.29, 1.82) is 0 Å². The maximum Gasteiger partial charge on any atom is 0.229 e. The second kappa shape index (κ2) is 11.9. The topological polar surface area (TPSA) is 71.5 Å². The number of aromatic nitrogens is 2. The molecule has 0 atom stereocenters. The van der Waals surface area contributed by atoms with Crippen molar-refractivity contribution in [2.45, 2.75) is 78.6 Å². The van der Waals surface area contributed by atoms with Crippen molar-refractivity contribution in [2.75, 3.05) is 0 Å². The third kappa shape index (κ3) is 6.06. The highest BCUT2D eigenvalue weighted by Gasteiger charge is 2.26. The highest BCUT2D eigenvalue weighted by molar-refractivity contribution is 6.05. The number of pyridine rings is 1. The van der Waals surface area contributed by atoms with Gasteiger partial charge in [0.1, 0.15) is 11.3 Å². The van der Waals surface area contributed by atoms with Crippen LogP contribution in [0.5, 0.6) is 5.75 Å². The molecule has 0 aliphatic rings. The molecule has 0 spiro atoms. The van der Waals surface area contributed by atoms with Crippen LogP contribution in [-0.2, 0) is 16.2 Å². The Bertz CT molecular complexity index is 2440. The summed E-state index contributed by atoms with van der Waals surface area (Å²) in [5, 5.41) is 14.7. The Hall–Kier alpha value is -5.29. The SMILES string of the molecule is CC(C)(C)c1cc(C=Nc2c(-c3nc4c(-c5ccnc6ccccc56)cc(C(C)(C)C)cc4o3)ccc3ccccc23)c(O)c(C(C)(C)C)c1. The summed E-state index contributed by atoms with van der Waals surface area (Å²) in [5.41, 5.74) is 9.43. The lowest BCUT2D eigenvalue weighted by atomic mass is 9.79. The fourth-order valence-electron chi connectivity index (χ4n) is 6.57. The lowest BCUT2D eigenvalue weighted by Crippen LogP contribution is -2.17. The van der Waals surface area contributed by atoms with Gasteiger partial charge in [0.2, 0.25) is 5.89 Å². The number of para-hydroxylation sites is 1. The van der Waals surface area contributed by atoms with E-state index in [-0.39, 0.29) is 22.0 Å². The van der Waals surface area contributed by atoms with Gasteiger partial charge in [-0.2, -0.15) is 0 Å². The second-order valence-corrected chi connectivity index (χ2v) is 16.4. The fraction of sp³-hybridized carbons (Fsp3) is 0.267. The average molecular weight is 660 g/mol. The highest BCUT2D eigenvalue weighted by atomic mass is 16.3. The molecule has 0 fully saturated rings. The van der Waals surface area contributed by atoms with E-state index in [9.17, 15) is 5.11 Å². The molecule has 252 valence electrons. The van der Waals surface area contributed by atoms with Crippen molar-refractivity contribution in [1.82, 2.24) is 9.97 Å². The Balaban J connectivity index is 1.47. The van der Waals surface area contributed by atoms with Crippen molar-refractivity contribution in [3.8, 4) is 28.3 Å². The van der Waals surface area contributed by atoms with E-state index in [2.05, 4.69) is 122 Å². The van der Waals surface area contributed by atoms with E-state index < -0.39 is 0 Å². The summed E-state index contributed by atoms with van der Waals surface area (Å²) >= 11 is 0. The Labute approximate surface area is 294 Å². The zero-order chi connectivity index (χ0) is 35.6. The number of nitrogens with zero attached hydrogens (tertiary/aromatic N) is 3. The Morgan fingerprint density at radius 3 is 2.06 bits per heavy atom. The van der Waals surface area contributed by atoms with Gasteiger partial charge < -0.3 is 9.52 Å². The van der Waals surface area contributed by atoms with Gasteiger partial charge in [-0.05, 0) is 74.7 Å². The van der Waals surface area contributed by atoms with Crippen LogP contribution in [-0.4, -0.2) is 21.3 Å². The van der Waals surface area contributed by atoms with Crippen LogP contribution in [0.15, 0.2) is 107 Å². The van der Waals surface area contributed by atoms with E-state index in [0.717, 1.165) is 71.8 Å². The minimum Gasteiger partial charge on any atom is -0.507 e. The summed E-state index contributed by atoms with van der Waals surface area (Å²) in [7, 11) is 0. The van der Waals surface area contributed by atoms with E-state index in [1.165, 1.54) is 0 Å². The van der Waals surface area contributed by atoms with E-state index in [1.54, 1.807) is 6.21 Å². The summed E-state index contributed by atoms with van der Waals surface area (Å²) in [5.74, 6) is 0.744. The predicted molar refractivity (Wildman–Crippen MR) is 209 cm³/mol. The molecule has 5 aromatic carbocycles. The smallest absolute Gasteiger partial charge is 0.229 e. The summed E-state index contributed by atoms with van der Waals surface area (Å²) in [4.78, 5) is 15.0. The third-order valence-corrected chi connectivity index (χ3v) is 9.58. The number of fused-ring (bicyclic) bond motifs is 3. The number of hydrogen-bond donors (Lipinski definition) is 1. The van der Waals surface area contributed by atoms with Crippen molar-refractivity contribution in [3.05, 3.63) is 119 Å². The van der Waals surface area contributed by atoms with Crippen LogP contribution in [0.3, 0.4) is 0 Å². The fourth-order valence-corrected chi connectivity index (χ4v) is 6.57. The van der Waals surface area contributed by atoms with Crippen LogP contribution in [0, 0.1) is 0 Å². The average Bonchev–Trinajstić information content (AvgIpc) is 3.50. The number of benzene rings is 5. The number of aliphatic imine (C=N–C) groups is 1. The van der Waals surface area contributed by atoms with E-state index in [1.807, 2.05) is 42.6 Å². The first-order valence-electron chi connectivity index (χ1n) is 17.3. The molecule has 0 aliphatic carbocycles. The van der Waals surface area contributed by atoms with Crippen molar-refractivity contribution < 1.29 is 9.52 Å². The number of phenolic OH excluding ortho intramolecular Hbond substituents is 1. The van der Waals surface area contributed by atoms with E-state index in [4.69, 9.17) is 14.4 Å². The Morgan fingerprint density at radius 1 is 0.660 bits per heavy atom. The van der Waals surface area contributed by atoms with Gasteiger partial charge in [-0.15, -0.1) is 0 Å². The number of phenols is 1. The lowest BCUT2D eigenvalue weighted by Gasteiger charge is -2.27.